The molecule has 38 heavy (non-hydrogen) atoms. The number of thiazole rings is 1. The zero-order chi connectivity index (χ0) is 26.4. The molecule has 184 valence electrons. The number of nitriles is 1. The maximum absolute atomic E-state index is 13.3. The normalized spacial score (nSPS) is 15.2. The third-order valence-corrected chi connectivity index (χ3v) is 7.88. The van der Waals surface area contributed by atoms with Crippen LogP contribution in [0.4, 0.5) is 0 Å². The summed E-state index contributed by atoms with van der Waals surface area (Å²) in [5, 5.41) is 12.8. The molecule has 1 aliphatic rings. The van der Waals surface area contributed by atoms with Crippen molar-refractivity contribution in [1.82, 2.24) is 14.5 Å². The van der Waals surface area contributed by atoms with Gasteiger partial charge in [0.1, 0.15) is 16.6 Å². The number of imide groups is 1. The first kappa shape index (κ1) is 23.6. The van der Waals surface area contributed by atoms with Crippen LogP contribution in [-0.4, -0.2) is 32.8 Å². The van der Waals surface area contributed by atoms with E-state index < -0.39 is 11.8 Å². The number of likely N-dealkylation sites (N-methyl/N-ethyl adjacent to an activating group) is 1. The molecular weight excluding hydrogens is 492 g/mol. The zero-order valence-corrected chi connectivity index (χ0v) is 21.6. The van der Waals surface area contributed by atoms with Gasteiger partial charge in [0.15, 0.2) is 5.65 Å². The average molecular weight is 515 g/mol. The zero-order valence-electron chi connectivity index (χ0n) is 20.8. The Morgan fingerprint density at radius 3 is 2.47 bits per heavy atom. The van der Waals surface area contributed by atoms with Crippen molar-refractivity contribution in [3.63, 3.8) is 0 Å². The topological polar surface area (TPSA) is 79.0 Å². The molecule has 5 aromatic rings. The van der Waals surface area contributed by atoms with Gasteiger partial charge in [-0.3, -0.25) is 19.1 Å². The van der Waals surface area contributed by atoms with Crippen LogP contribution in [0.2, 0.25) is 0 Å². The number of hydrogen-bond donors (Lipinski definition) is 0. The van der Waals surface area contributed by atoms with Gasteiger partial charge in [0.2, 0.25) is 0 Å². The van der Waals surface area contributed by atoms with Crippen molar-refractivity contribution in [2.24, 2.45) is 0 Å². The highest BCUT2D eigenvalue weighted by Crippen LogP contribution is 2.38. The summed E-state index contributed by atoms with van der Waals surface area (Å²) in [5.74, 6) is -0.946. The number of rotatable bonds is 4. The number of nitrogens with zero attached hydrogens (tertiary/aromatic N) is 4. The minimum Gasteiger partial charge on any atom is -0.294 e. The second-order valence-electron chi connectivity index (χ2n) is 9.00. The largest absolute Gasteiger partial charge is 0.294 e. The van der Waals surface area contributed by atoms with Crippen molar-refractivity contribution in [2.45, 2.75) is 13.8 Å². The summed E-state index contributed by atoms with van der Waals surface area (Å²) < 4.78 is 2.99. The molecule has 2 amide bonds. The van der Waals surface area contributed by atoms with Crippen molar-refractivity contribution in [1.29, 1.82) is 5.26 Å². The Morgan fingerprint density at radius 1 is 0.974 bits per heavy atom. The Hall–Kier alpha value is -4.80. The summed E-state index contributed by atoms with van der Waals surface area (Å²) in [6.07, 6.45) is 1.77. The van der Waals surface area contributed by atoms with Crippen molar-refractivity contribution in [3.8, 4) is 22.3 Å². The molecule has 3 heterocycles. The molecule has 0 N–H and O–H groups in total. The van der Waals surface area contributed by atoms with E-state index in [1.54, 1.807) is 31.3 Å². The summed E-state index contributed by atoms with van der Waals surface area (Å²) in [7, 11) is 0. The van der Waals surface area contributed by atoms with Crippen LogP contribution in [0.5, 0.6) is 0 Å². The lowest BCUT2D eigenvalue weighted by molar-refractivity contribution is -0.140. The van der Waals surface area contributed by atoms with Crippen LogP contribution >= 0.6 is 11.3 Å². The highest BCUT2D eigenvalue weighted by atomic mass is 32.1. The summed E-state index contributed by atoms with van der Waals surface area (Å²) in [4.78, 5) is 32.1. The number of para-hydroxylation sites is 1. The predicted octanol–water partition coefficient (Wildman–Crippen LogP) is 6.52. The van der Waals surface area contributed by atoms with Crippen molar-refractivity contribution >= 4 is 50.3 Å². The van der Waals surface area contributed by atoms with E-state index in [-0.39, 0.29) is 12.1 Å². The summed E-state index contributed by atoms with van der Waals surface area (Å²) in [6.45, 7) is 3.57. The molecule has 6 nitrogen and oxygen atoms in total. The van der Waals surface area contributed by atoms with Crippen molar-refractivity contribution in [3.05, 3.63) is 101 Å². The fraction of sp³-hybridized carbons (Fsp3) is 0.0968. The quantitative estimate of drug-likeness (QED) is 0.202. The van der Waals surface area contributed by atoms with Crippen LogP contribution in [0.3, 0.4) is 0 Å². The fourth-order valence-electron chi connectivity index (χ4n) is 4.95. The van der Waals surface area contributed by atoms with Gasteiger partial charge in [-0.15, -0.1) is 11.3 Å². The highest BCUT2D eigenvalue weighted by Gasteiger charge is 2.34. The maximum Gasteiger partial charge on any atom is 0.271 e. The first-order chi connectivity index (χ1) is 18.5. The van der Waals surface area contributed by atoms with E-state index in [1.807, 2.05) is 65.2 Å². The third kappa shape index (κ3) is 3.66. The molecule has 7 heteroatoms. The van der Waals surface area contributed by atoms with E-state index in [0.29, 0.717) is 11.1 Å². The van der Waals surface area contributed by atoms with Gasteiger partial charge in [-0.05, 0) is 54.5 Å². The number of amides is 2. The molecule has 2 aromatic heterocycles. The Bertz CT molecular complexity index is 1860. The van der Waals surface area contributed by atoms with Crippen molar-refractivity contribution in [2.75, 3.05) is 6.54 Å². The molecule has 0 unspecified atom stereocenters. The van der Waals surface area contributed by atoms with E-state index in [2.05, 4.69) is 24.3 Å². The first-order valence-corrected chi connectivity index (χ1v) is 13.1. The Kier molecular flexibility index (Phi) is 5.74. The number of hydrogen-bond acceptors (Lipinski definition) is 5. The summed E-state index contributed by atoms with van der Waals surface area (Å²) in [5.41, 5.74) is 4.22. The van der Waals surface area contributed by atoms with Gasteiger partial charge in [-0.25, -0.2) is 4.98 Å². The molecule has 1 aliphatic heterocycles. The molecule has 3 aromatic carbocycles. The average Bonchev–Trinajstić information content (AvgIpc) is 3.49. The Morgan fingerprint density at radius 2 is 1.71 bits per heavy atom. The van der Waals surface area contributed by atoms with E-state index in [4.69, 9.17) is 4.98 Å². The lowest BCUT2D eigenvalue weighted by Gasteiger charge is -2.26. The number of carbonyl (C=O) groups excluding carboxylic acids is 2. The van der Waals surface area contributed by atoms with Crippen LogP contribution in [-0.2, 0) is 9.59 Å². The van der Waals surface area contributed by atoms with E-state index in [1.165, 1.54) is 0 Å². The molecule has 6 rings (SSSR count). The fourth-order valence-corrected chi connectivity index (χ4v) is 5.98. The monoisotopic (exact) mass is 514 g/mol. The number of benzene rings is 3. The van der Waals surface area contributed by atoms with E-state index in [0.717, 1.165) is 48.0 Å². The smallest absolute Gasteiger partial charge is 0.271 e. The minimum atomic E-state index is -0.546. The van der Waals surface area contributed by atoms with Crippen molar-refractivity contribution < 1.29 is 9.59 Å². The predicted molar refractivity (Wildman–Crippen MR) is 151 cm³/mol. The molecule has 0 spiro atoms. The summed E-state index contributed by atoms with van der Waals surface area (Å²) >= 11 is 1.59. The van der Waals surface area contributed by atoms with Crippen LogP contribution < -0.4 is 0 Å². The molecule has 0 radical (unpaired) electrons. The summed E-state index contributed by atoms with van der Waals surface area (Å²) in [6, 6.07) is 28.3. The highest BCUT2D eigenvalue weighted by molar-refractivity contribution is 7.21. The Balaban J connectivity index is 1.58. The van der Waals surface area contributed by atoms with E-state index in [9.17, 15) is 14.9 Å². The van der Waals surface area contributed by atoms with Crippen LogP contribution in [0.1, 0.15) is 19.5 Å². The second kappa shape index (κ2) is 9.25. The van der Waals surface area contributed by atoms with Crippen LogP contribution in [0.15, 0.2) is 95.6 Å². The van der Waals surface area contributed by atoms with Gasteiger partial charge in [0, 0.05) is 29.1 Å². The third-order valence-electron chi connectivity index (χ3n) is 6.85. The molecular formula is C31H22N4O2S. The van der Waals surface area contributed by atoms with Crippen LogP contribution in [0.25, 0.3) is 43.5 Å². The lowest BCUT2D eigenvalue weighted by Crippen LogP contribution is -2.42. The van der Waals surface area contributed by atoms with Gasteiger partial charge in [-0.2, -0.15) is 5.26 Å². The molecule has 0 bridgehead atoms. The lowest BCUT2D eigenvalue weighted by atomic mass is 9.94. The number of aromatic nitrogens is 2. The maximum atomic E-state index is 13.3. The van der Waals surface area contributed by atoms with Crippen LogP contribution in [0, 0.1) is 11.3 Å². The molecule has 0 fully saturated rings. The number of fused-ring (bicyclic) bond motifs is 2. The van der Waals surface area contributed by atoms with Gasteiger partial charge in [0.25, 0.3) is 11.8 Å². The number of carbonyl (C=O) groups is 2. The molecule has 0 saturated heterocycles. The Labute approximate surface area is 223 Å². The van der Waals surface area contributed by atoms with Gasteiger partial charge in [0.05, 0.1) is 4.70 Å². The van der Waals surface area contributed by atoms with Gasteiger partial charge in [-0.1, -0.05) is 60.7 Å². The first-order valence-electron chi connectivity index (χ1n) is 12.3. The molecule has 0 aliphatic carbocycles. The minimum absolute atomic E-state index is 0.00584. The SMILES string of the molecule is CCN1C(=O)C(C#N)=C(C)/C(=C/c2cc3sc(-c4cccc5ccccc45)nc3n2-c2ccccc2)C1=O. The standard InChI is InChI=1S/C31H22N4O2S/c1-3-34-30(36)25(19(2)26(18-32)31(34)37)16-22-17-27-28(35(22)21-12-5-4-6-13-21)33-29(38-27)24-15-9-11-20-10-7-8-14-23(20)24/h4-17H,3H2,1-2H3/b25-16-. The van der Waals surface area contributed by atoms with E-state index >= 15 is 0 Å². The second-order valence-corrected chi connectivity index (χ2v) is 10.0. The van der Waals surface area contributed by atoms with Gasteiger partial charge < -0.3 is 0 Å². The van der Waals surface area contributed by atoms with Gasteiger partial charge >= 0.3 is 0 Å². The molecule has 0 atom stereocenters. The molecule has 0 saturated carbocycles.